The van der Waals surface area contributed by atoms with Crippen molar-refractivity contribution in [1.29, 1.82) is 0 Å². The molecule has 0 bridgehead atoms. The highest BCUT2D eigenvalue weighted by Gasteiger charge is 2.24. The molecular formula is C14H19FN2O3. The van der Waals surface area contributed by atoms with Gasteiger partial charge in [-0.2, -0.15) is 0 Å². The zero-order valence-electron chi connectivity index (χ0n) is 11.8. The Morgan fingerprint density at radius 1 is 1.40 bits per heavy atom. The van der Waals surface area contributed by atoms with Gasteiger partial charge in [-0.15, -0.1) is 0 Å². The second-order valence-electron chi connectivity index (χ2n) is 4.88. The zero-order valence-corrected chi connectivity index (χ0v) is 11.8. The fraction of sp³-hybridized carbons (Fsp3) is 0.429. The smallest absolute Gasteiger partial charge is 0.328 e. The zero-order chi connectivity index (χ0) is 15.3. The van der Waals surface area contributed by atoms with Crippen LogP contribution in [-0.2, 0) is 9.53 Å². The molecular weight excluding hydrogens is 263 g/mol. The molecule has 0 aliphatic carbocycles. The van der Waals surface area contributed by atoms with Gasteiger partial charge < -0.3 is 15.8 Å². The van der Waals surface area contributed by atoms with Gasteiger partial charge in [0.25, 0.3) is 5.91 Å². The number of esters is 1. The molecule has 0 spiro atoms. The van der Waals surface area contributed by atoms with Crippen LogP contribution in [0.15, 0.2) is 18.2 Å². The summed E-state index contributed by atoms with van der Waals surface area (Å²) in [6.07, 6.45) is 0.424. The van der Waals surface area contributed by atoms with Crippen LogP contribution >= 0.6 is 0 Å². The molecule has 1 amide bonds. The van der Waals surface area contributed by atoms with Crippen molar-refractivity contribution in [3.8, 4) is 0 Å². The van der Waals surface area contributed by atoms with Crippen molar-refractivity contribution < 1.29 is 18.7 Å². The second-order valence-corrected chi connectivity index (χ2v) is 4.88. The highest BCUT2D eigenvalue weighted by Crippen LogP contribution is 2.16. The molecule has 3 N–H and O–H groups in total. The topological polar surface area (TPSA) is 81.4 Å². The minimum atomic E-state index is -0.782. The molecule has 0 unspecified atom stereocenters. The molecule has 0 aromatic heterocycles. The van der Waals surface area contributed by atoms with E-state index in [9.17, 15) is 14.0 Å². The van der Waals surface area contributed by atoms with Crippen molar-refractivity contribution in [2.45, 2.75) is 26.3 Å². The standard InChI is InChI=1S/C14H19FN2O3/c1-8(2)7-11(14(19)20-3)17-13(18)9-5-4-6-10(15)12(9)16/h4-6,8,11H,7,16H2,1-3H3,(H,17,18)/t11-/m0/s1. The molecule has 0 radical (unpaired) electrons. The Balaban J connectivity index is 2.90. The van der Waals surface area contributed by atoms with Crippen LogP contribution in [0.2, 0.25) is 0 Å². The summed E-state index contributed by atoms with van der Waals surface area (Å²) in [7, 11) is 1.25. The van der Waals surface area contributed by atoms with Crippen molar-refractivity contribution in [1.82, 2.24) is 5.32 Å². The van der Waals surface area contributed by atoms with Gasteiger partial charge in [0.1, 0.15) is 11.9 Å². The predicted octanol–water partition coefficient (Wildman–Crippen LogP) is 1.73. The van der Waals surface area contributed by atoms with Gasteiger partial charge in [0.05, 0.1) is 18.4 Å². The molecule has 0 fully saturated rings. The van der Waals surface area contributed by atoms with Crippen LogP contribution in [0.3, 0.4) is 0 Å². The van der Waals surface area contributed by atoms with Gasteiger partial charge in [0, 0.05) is 0 Å². The second kappa shape index (κ2) is 6.88. The summed E-state index contributed by atoms with van der Waals surface area (Å²) in [4.78, 5) is 23.7. The molecule has 6 heteroatoms. The Kier molecular flexibility index (Phi) is 5.49. The van der Waals surface area contributed by atoms with Crippen molar-refractivity contribution in [2.75, 3.05) is 12.8 Å². The molecule has 1 rings (SSSR count). The van der Waals surface area contributed by atoms with Crippen LogP contribution in [-0.4, -0.2) is 25.0 Å². The maximum Gasteiger partial charge on any atom is 0.328 e. The first kappa shape index (κ1) is 15.9. The molecule has 0 aliphatic heterocycles. The van der Waals surface area contributed by atoms with Crippen LogP contribution in [0.4, 0.5) is 10.1 Å². The van der Waals surface area contributed by atoms with Gasteiger partial charge in [-0.25, -0.2) is 9.18 Å². The quantitative estimate of drug-likeness (QED) is 0.636. The number of carbonyl (C=O) groups is 2. The van der Waals surface area contributed by atoms with Crippen LogP contribution in [0, 0.1) is 11.7 Å². The number of benzene rings is 1. The van der Waals surface area contributed by atoms with Crippen LogP contribution in [0.25, 0.3) is 0 Å². The number of nitrogens with two attached hydrogens (primary N) is 1. The lowest BCUT2D eigenvalue weighted by Crippen LogP contribution is -2.42. The normalized spacial score (nSPS) is 12.1. The van der Waals surface area contributed by atoms with Gasteiger partial charge in [0.15, 0.2) is 0 Å². The van der Waals surface area contributed by atoms with Gasteiger partial charge in [-0.05, 0) is 24.5 Å². The van der Waals surface area contributed by atoms with E-state index in [1.165, 1.54) is 19.2 Å². The van der Waals surface area contributed by atoms with E-state index in [0.29, 0.717) is 6.42 Å². The number of para-hydroxylation sites is 1. The van der Waals surface area contributed by atoms with Crippen LogP contribution < -0.4 is 11.1 Å². The fourth-order valence-corrected chi connectivity index (χ4v) is 1.80. The van der Waals surface area contributed by atoms with Gasteiger partial charge in [-0.3, -0.25) is 4.79 Å². The van der Waals surface area contributed by atoms with Crippen molar-refractivity contribution in [3.05, 3.63) is 29.6 Å². The average molecular weight is 282 g/mol. The lowest BCUT2D eigenvalue weighted by Gasteiger charge is -2.18. The molecule has 1 aromatic carbocycles. The first-order chi connectivity index (χ1) is 9.36. The molecule has 1 aromatic rings. The Morgan fingerprint density at radius 3 is 2.60 bits per heavy atom. The van der Waals surface area contributed by atoms with E-state index in [4.69, 9.17) is 5.73 Å². The lowest BCUT2D eigenvalue weighted by atomic mass is 10.0. The maximum absolute atomic E-state index is 13.3. The number of carbonyl (C=O) groups excluding carboxylic acids is 2. The van der Waals surface area contributed by atoms with Crippen molar-refractivity contribution in [3.63, 3.8) is 0 Å². The summed E-state index contributed by atoms with van der Waals surface area (Å²) in [6, 6.07) is 3.17. The van der Waals surface area contributed by atoms with E-state index in [2.05, 4.69) is 10.1 Å². The predicted molar refractivity (Wildman–Crippen MR) is 73.5 cm³/mol. The first-order valence-corrected chi connectivity index (χ1v) is 6.29. The highest BCUT2D eigenvalue weighted by atomic mass is 19.1. The van der Waals surface area contributed by atoms with Gasteiger partial charge >= 0.3 is 5.97 Å². The number of nitrogens with one attached hydrogen (secondary N) is 1. The first-order valence-electron chi connectivity index (χ1n) is 6.29. The molecule has 110 valence electrons. The molecule has 5 nitrogen and oxygen atoms in total. The Bertz CT molecular complexity index is 503. The Morgan fingerprint density at radius 2 is 2.05 bits per heavy atom. The lowest BCUT2D eigenvalue weighted by molar-refractivity contribution is -0.143. The summed E-state index contributed by atoms with van der Waals surface area (Å²) >= 11 is 0. The Labute approximate surface area is 117 Å². The summed E-state index contributed by atoms with van der Waals surface area (Å²) < 4.78 is 18.0. The molecule has 1 atom stereocenters. The van der Waals surface area contributed by atoms with E-state index in [1.54, 1.807) is 0 Å². The molecule has 0 aliphatic rings. The summed E-state index contributed by atoms with van der Waals surface area (Å²) in [5.74, 6) is -1.62. The SMILES string of the molecule is COC(=O)[C@H](CC(C)C)NC(=O)c1cccc(F)c1N. The van der Waals surface area contributed by atoms with E-state index in [-0.39, 0.29) is 17.2 Å². The summed E-state index contributed by atoms with van der Waals surface area (Å²) in [5, 5.41) is 2.52. The van der Waals surface area contributed by atoms with Gasteiger partial charge in [-0.1, -0.05) is 19.9 Å². The minimum absolute atomic E-state index is 0.00246. The average Bonchev–Trinajstić information content (AvgIpc) is 2.39. The number of hydrogen-bond donors (Lipinski definition) is 2. The number of methoxy groups -OCH3 is 1. The van der Waals surface area contributed by atoms with Crippen molar-refractivity contribution in [2.24, 2.45) is 5.92 Å². The third kappa shape index (κ3) is 3.94. The summed E-state index contributed by atoms with van der Waals surface area (Å²) in [5.41, 5.74) is 5.28. The van der Waals surface area contributed by atoms with E-state index in [0.717, 1.165) is 6.07 Å². The Hall–Kier alpha value is -2.11. The number of rotatable bonds is 5. The van der Waals surface area contributed by atoms with Gasteiger partial charge in [0.2, 0.25) is 0 Å². The van der Waals surface area contributed by atoms with E-state index in [1.807, 2.05) is 13.8 Å². The number of halogens is 1. The minimum Gasteiger partial charge on any atom is -0.467 e. The van der Waals surface area contributed by atoms with E-state index < -0.39 is 23.7 Å². The largest absolute Gasteiger partial charge is 0.467 e. The number of anilines is 1. The number of hydrogen-bond acceptors (Lipinski definition) is 4. The molecule has 0 heterocycles. The molecule has 20 heavy (non-hydrogen) atoms. The van der Waals surface area contributed by atoms with E-state index >= 15 is 0 Å². The molecule has 0 saturated carbocycles. The monoisotopic (exact) mass is 282 g/mol. The fourth-order valence-electron chi connectivity index (χ4n) is 1.80. The highest BCUT2D eigenvalue weighted by molar-refractivity contribution is 6.01. The maximum atomic E-state index is 13.3. The number of nitrogen functional groups attached to an aromatic ring is 1. The van der Waals surface area contributed by atoms with Crippen LogP contribution in [0.1, 0.15) is 30.6 Å². The summed E-state index contributed by atoms with van der Waals surface area (Å²) in [6.45, 7) is 3.83. The number of amides is 1. The van der Waals surface area contributed by atoms with Crippen LogP contribution in [0.5, 0.6) is 0 Å². The van der Waals surface area contributed by atoms with Crippen molar-refractivity contribution >= 4 is 17.6 Å². The third-order valence-electron chi connectivity index (χ3n) is 2.80. The third-order valence-corrected chi connectivity index (χ3v) is 2.80. The number of ether oxygens (including phenoxy) is 1. The molecule has 0 saturated heterocycles.